The van der Waals surface area contributed by atoms with E-state index >= 15 is 0 Å². The number of hydrogen-bond donors (Lipinski definition) is 7. The van der Waals surface area contributed by atoms with Crippen molar-refractivity contribution in [3.05, 3.63) is 48.2 Å². The molecule has 1 aromatic carbocycles. The largest absolute Gasteiger partial charge is 0.508 e. The second-order valence-corrected chi connectivity index (χ2v) is 9.51. The normalized spacial score (nSPS) is 41.4. The lowest BCUT2D eigenvalue weighted by atomic mass is 9.81. The molecule has 1 aromatic rings. The molecule has 1 saturated heterocycles. The molecule has 37 heavy (non-hydrogen) atoms. The Balaban J connectivity index is 1.35. The van der Waals surface area contributed by atoms with E-state index < -0.39 is 72.8 Å². The highest BCUT2D eigenvalue weighted by Crippen LogP contribution is 2.49. The Kier molecular flexibility index (Phi) is 7.90. The zero-order chi connectivity index (χ0) is 27.0. The number of aliphatic hydroxyl groups excluding tert-OH is 4. The van der Waals surface area contributed by atoms with Crippen molar-refractivity contribution in [2.75, 3.05) is 6.61 Å². The maximum Gasteiger partial charge on any atom is 0.365 e. The van der Waals surface area contributed by atoms with E-state index in [0.717, 1.165) is 12.3 Å². The van der Waals surface area contributed by atoms with Crippen LogP contribution in [0.2, 0.25) is 0 Å². The second kappa shape index (κ2) is 10.6. The molecular formula is C24H30O13. The summed E-state index contributed by atoms with van der Waals surface area (Å²) in [6.45, 7) is 0.828. The van der Waals surface area contributed by atoms with Gasteiger partial charge in [0.25, 0.3) is 0 Å². The first-order chi connectivity index (χ1) is 17.4. The van der Waals surface area contributed by atoms with Crippen molar-refractivity contribution >= 4 is 12.0 Å². The quantitative estimate of drug-likeness (QED) is 0.122. The Hall–Kier alpha value is -2.59. The molecule has 1 saturated carbocycles. The number of benzene rings is 1. The van der Waals surface area contributed by atoms with Crippen molar-refractivity contribution in [2.24, 2.45) is 5.92 Å². The van der Waals surface area contributed by atoms with Crippen LogP contribution in [0.5, 0.6) is 5.75 Å². The minimum Gasteiger partial charge on any atom is -0.508 e. The van der Waals surface area contributed by atoms with Gasteiger partial charge in [0.05, 0.1) is 23.9 Å². The minimum atomic E-state index is -1.88. The van der Waals surface area contributed by atoms with Gasteiger partial charge in [-0.25, -0.2) is 4.79 Å². The van der Waals surface area contributed by atoms with Crippen molar-refractivity contribution in [3.63, 3.8) is 0 Å². The van der Waals surface area contributed by atoms with Gasteiger partial charge in [-0.3, -0.25) is 4.89 Å². The summed E-state index contributed by atoms with van der Waals surface area (Å²) in [5.41, 5.74) is -2.89. The SMILES string of the molecule is C[C@]1(O)C[C@@H](O)[C@]2(O)C=CO[C@@H](O[C@@H]3O[C@H](COOC(=O)/C=C/c4ccc(O)cc4)[C@@H](O)[C@H](O)[C@H]3O)[C@@H]21. The van der Waals surface area contributed by atoms with Gasteiger partial charge in [-0.1, -0.05) is 12.1 Å². The topological polar surface area (TPSA) is 205 Å². The monoisotopic (exact) mass is 526 g/mol. The predicted molar refractivity (Wildman–Crippen MR) is 121 cm³/mol. The van der Waals surface area contributed by atoms with Gasteiger partial charge in [-0.15, -0.1) is 0 Å². The number of carbonyl (C=O) groups is 1. The Morgan fingerprint density at radius 1 is 1.08 bits per heavy atom. The smallest absolute Gasteiger partial charge is 0.365 e. The standard InChI is InChI=1S/C24H30O13/c1-23(31)10-15(26)24(32)8-9-33-22(20(23)24)36-21-19(30)18(29)17(28)14(35-21)11-34-37-16(27)7-4-12-2-5-13(25)6-3-12/h2-9,14-15,17-22,25-26,28-32H,10-11H2,1H3/b7-4+/t14-,15-,17-,18+,19-,20-,21+,22+,23+,24-/m1/s1. The predicted octanol–water partition coefficient (Wildman–Crippen LogP) is -1.56. The molecule has 10 atom stereocenters. The van der Waals surface area contributed by atoms with Crippen LogP contribution in [0.15, 0.2) is 42.7 Å². The molecule has 13 nitrogen and oxygen atoms in total. The summed E-state index contributed by atoms with van der Waals surface area (Å²) >= 11 is 0. The van der Waals surface area contributed by atoms with E-state index in [1.165, 1.54) is 31.2 Å². The molecule has 7 N–H and O–H groups in total. The van der Waals surface area contributed by atoms with Crippen LogP contribution in [-0.2, 0) is 28.8 Å². The number of phenols is 1. The maximum atomic E-state index is 11.9. The molecule has 0 radical (unpaired) electrons. The molecule has 0 unspecified atom stereocenters. The fourth-order valence-corrected chi connectivity index (χ4v) is 4.76. The first kappa shape index (κ1) is 27.4. The molecule has 2 fully saturated rings. The summed E-state index contributed by atoms with van der Waals surface area (Å²) in [6, 6.07) is 6.01. The van der Waals surface area contributed by atoms with Gasteiger partial charge >= 0.3 is 5.97 Å². The van der Waals surface area contributed by atoms with Gasteiger partial charge in [0.2, 0.25) is 6.29 Å². The Morgan fingerprint density at radius 3 is 2.49 bits per heavy atom. The molecule has 2 heterocycles. The summed E-state index contributed by atoms with van der Waals surface area (Å²) in [5.74, 6) is -2.01. The first-order valence-corrected chi connectivity index (χ1v) is 11.5. The van der Waals surface area contributed by atoms with E-state index in [0.29, 0.717) is 5.56 Å². The lowest BCUT2D eigenvalue weighted by Crippen LogP contribution is -2.62. The number of hydrogen-bond acceptors (Lipinski definition) is 13. The molecule has 4 rings (SSSR count). The molecule has 0 bridgehead atoms. The Morgan fingerprint density at radius 2 is 1.78 bits per heavy atom. The second-order valence-electron chi connectivity index (χ2n) is 9.51. The van der Waals surface area contributed by atoms with Crippen LogP contribution in [-0.4, -0.2) is 103 Å². The van der Waals surface area contributed by atoms with Crippen molar-refractivity contribution in [3.8, 4) is 5.75 Å². The van der Waals surface area contributed by atoms with Crippen LogP contribution in [0.3, 0.4) is 0 Å². The van der Waals surface area contributed by atoms with Crippen molar-refractivity contribution < 1.29 is 64.5 Å². The van der Waals surface area contributed by atoms with Gasteiger partial charge in [0, 0.05) is 12.5 Å². The third-order valence-corrected chi connectivity index (χ3v) is 6.74. The van der Waals surface area contributed by atoms with Crippen LogP contribution in [0.1, 0.15) is 18.9 Å². The van der Waals surface area contributed by atoms with Crippen LogP contribution < -0.4 is 0 Å². The van der Waals surface area contributed by atoms with Gasteiger partial charge in [-0.2, -0.15) is 4.89 Å². The number of aliphatic hydroxyl groups is 6. The Labute approximate surface area is 211 Å². The maximum absolute atomic E-state index is 11.9. The van der Waals surface area contributed by atoms with Gasteiger partial charge in [0.15, 0.2) is 6.29 Å². The van der Waals surface area contributed by atoms with E-state index in [2.05, 4.69) is 4.89 Å². The van der Waals surface area contributed by atoms with Crippen molar-refractivity contribution in [1.29, 1.82) is 0 Å². The first-order valence-electron chi connectivity index (χ1n) is 11.5. The zero-order valence-corrected chi connectivity index (χ0v) is 19.7. The molecule has 3 aliphatic rings. The van der Waals surface area contributed by atoms with E-state index in [1.54, 1.807) is 12.1 Å². The lowest BCUT2D eigenvalue weighted by Gasteiger charge is -2.45. The highest BCUT2D eigenvalue weighted by Gasteiger charge is 2.64. The number of phenolic OH excluding ortho intramolecular Hbond substituents is 1. The lowest BCUT2D eigenvalue weighted by molar-refractivity contribution is -0.365. The number of carbonyl (C=O) groups excluding carboxylic acids is 1. The van der Waals surface area contributed by atoms with Crippen LogP contribution in [0.25, 0.3) is 6.08 Å². The van der Waals surface area contributed by atoms with Crippen LogP contribution in [0, 0.1) is 5.92 Å². The number of rotatable bonds is 7. The molecule has 1 aliphatic carbocycles. The third kappa shape index (κ3) is 5.65. The van der Waals surface area contributed by atoms with Gasteiger partial charge in [0.1, 0.15) is 42.4 Å². The average molecular weight is 526 g/mol. The summed E-state index contributed by atoms with van der Waals surface area (Å²) in [4.78, 5) is 21.3. The summed E-state index contributed by atoms with van der Waals surface area (Å²) in [6.07, 6.45) is -6.28. The number of aromatic hydroxyl groups is 1. The Bertz CT molecular complexity index is 1010. The highest BCUT2D eigenvalue weighted by atomic mass is 17.2. The van der Waals surface area contributed by atoms with Crippen LogP contribution >= 0.6 is 0 Å². The molecule has 2 aliphatic heterocycles. The van der Waals surface area contributed by atoms with Crippen molar-refractivity contribution in [1.82, 2.24) is 0 Å². The molecular weight excluding hydrogens is 496 g/mol. The van der Waals surface area contributed by atoms with E-state index in [1.807, 2.05) is 0 Å². The fraction of sp³-hybridized carbons (Fsp3) is 0.542. The third-order valence-electron chi connectivity index (χ3n) is 6.74. The van der Waals surface area contributed by atoms with E-state index in [4.69, 9.17) is 19.1 Å². The molecule has 13 heteroatoms. The molecule has 0 aromatic heterocycles. The summed E-state index contributed by atoms with van der Waals surface area (Å²) in [5, 5.41) is 72.1. The molecule has 0 spiro atoms. The average Bonchev–Trinajstić information content (AvgIpc) is 3.04. The molecule has 0 amide bonds. The van der Waals surface area contributed by atoms with Crippen LogP contribution in [0.4, 0.5) is 0 Å². The summed E-state index contributed by atoms with van der Waals surface area (Å²) in [7, 11) is 0. The number of fused-ring (bicyclic) bond motifs is 1. The fourth-order valence-electron chi connectivity index (χ4n) is 4.76. The van der Waals surface area contributed by atoms with Gasteiger partial charge in [-0.05, 0) is 36.8 Å². The van der Waals surface area contributed by atoms with Gasteiger partial charge < -0.3 is 50.0 Å². The van der Waals surface area contributed by atoms with E-state index in [-0.39, 0.29) is 12.2 Å². The summed E-state index contributed by atoms with van der Waals surface area (Å²) < 4.78 is 16.5. The zero-order valence-electron chi connectivity index (χ0n) is 19.7. The minimum absolute atomic E-state index is 0.0668. The van der Waals surface area contributed by atoms with Crippen molar-refractivity contribution in [2.45, 2.75) is 67.6 Å². The number of ether oxygens (including phenoxy) is 3. The van der Waals surface area contributed by atoms with E-state index in [9.17, 15) is 40.5 Å². The highest BCUT2D eigenvalue weighted by molar-refractivity contribution is 5.86. The molecule has 204 valence electrons.